The second-order valence-electron chi connectivity index (χ2n) is 8.17. The summed E-state index contributed by atoms with van der Waals surface area (Å²) in [7, 11) is -2.86. The molecule has 184 valence electrons. The number of amides is 1. The zero-order chi connectivity index (χ0) is 25.1. The maximum Gasteiger partial charge on any atom is 0.416 e. The third-order valence-electron chi connectivity index (χ3n) is 5.63. The van der Waals surface area contributed by atoms with Gasteiger partial charge in [0.1, 0.15) is 0 Å². The fraction of sp³-hybridized carbons (Fsp3) is 0.391. The molecule has 0 radical (unpaired) electrons. The van der Waals surface area contributed by atoms with Crippen LogP contribution in [0.1, 0.15) is 42.1 Å². The molecule has 1 aliphatic rings. The van der Waals surface area contributed by atoms with Crippen molar-refractivity contribution in [1.29, 1.82) is 0 Å². The van der Waals surface area contributed by atoms with E-state index < -0.39 is 34.2 Å². The molecule has 3 rings (SSSR count). The summed E-state index contributed by atoms with van der Waals surface area (Å²) in [6.07, 6.45) is -1.80. The molecule has 1 saturated heterocycles. The van der Waals surface area contributed by atoms with Crippen LogP contribution >= 0.6 is 0 Å². The molecule has 0 unspecified atom stereocenters. The van der Waals surface area contributed by atoms with Crippen LogP contribution in [0.2, 0.25) is 0 Å². The van der Waals surface area contributed by atoms with Crippen LogP contribution in [0.3, 0.4) is 0 Å². The van der Waals surface area contributed by atoms with Gasteiger partial charge < -0.3 is 10.2 Å². The Morgan fingerprint density at radius 2 is 1.65 bits per heavy atom. The van der Waals surface area contributed by atoms with Gasteiger partial charge in [-0.25, -0.2) is 8.42 Å². The van der Waals surface area contributed by atoms with Crippen molar-refractivity contribution in [2.75, 3.05) is 36.9 Å². The summed E-state index contributed by atoms with van der Waals surface area (Å²) >= 11 is 0. The standard InChI is InChI=1S/C23H26F3N3O4S/c1-16(30)17-6-9-19(10-7-17)34(32,33)28(2)15-22(31)27-20-14-18(23(24,25)26)8-11-21(20)29-12-4-3-5-13-29/h6-11,14H,3-5,12-13,15H2,1-2H3,(H,27,31). The number of hydrogen-bond donors (Lipinski definition) is 1. The first-order valence-electron chi connectivity index (χ1n) is 10.7. The maximum absolute atomic E-state index is 13.3. The highest BCUT2D eigenvalue weighted by Crippen LogP contribution is 2.36. The van der Waals surface area contributed by atoms with Crippen LogP contribution in [0, 0.1) is 0 Å². The van der Waals surface area contributed by atoms with E-state index in [0.717, 1.165) is 35.7 Å². The van der Waals surface area contributed by atoms with E-state index in [1.807, 2.05) is 4.90 Å². The normalized spacial score (nSPS) is 14.8. The van der Waals surface area contributed by atoms with Gasteiger partial charge in [-0.3, -0.25) is 9.59 Å². The number of carbonyl (C=O) groups excluding carboxylic acids is 2. The third-order valence-corrected chi connectivity index (χ3v) is 7.45. The Morgan fingerprint density at radius 1 is 1.03 bits per heavy atom. The number of piperidine rings is 1. The molecule has 1 amide bonds. The fourth-order valence-electron chi connectivity index (χ4n) is 3.74. The van der Waals surface area contributed by atoms with Crippen LogP contribution in [-0.2, 0) is 21.0 Å². The Kier molecular flexibility index (Phi) is 7.67. The van der Waals surface area contributed by atoms with E-state index in [0.29, 0.717) is 24.3 Å². The van der Waals surface area contributed by atoms with E-state index in [-0.39, 0.29) is 16.4 Å². The van der Waals surface area contributed by atoms with Crippen LogP contribution < -0.4 is 10.2 Å². The molecule has 1 aliphatic heterocycles. The van der Waals surface area contributed by atoms with Gasteiger partial charge >= 0.3 is 6.18 Å². The first kappa shape index (κ1) is 25.7. The molecule has 1 N–H and O–H groups in total. The molecule has 2 aromatic rings. The van der Waals surface area contributed by atoms with E-state index in [4.69, 9.17) is 0 Å². The number of alkyl halides is 3. The average Bonchev–Trinajstić information content (AvgIpc) is 2.79. The van der Waals surface area contributed by atoms with Gasteiger partial charge in [0.25, 0.3) is 0 Å². The number of nitrogens with one attached hydrogen (secondary N) is 1. The number of ketones is 1. The van der Waals surface area contributed by atoms with Gasteiger partial charge in [0.2, 0.25) is 15.9 Å². The number of benzene rings is 2. The van der Waals surface area contributed by atoms with Crippen molar-refractivity contribution >= 4 is 33.1 Å². The van der Waals surface area contributed by atoms with Gasteiger partial charge in [-0.1, -0.05) is 12.1 Å². The lowest BCUT2D eigenvalue weighted by atomic mass is 10.1. The Bertz CT molecular complexity index is 1160. The fourth-order valence-corrected chi connectivity index (χ4v) is 4.87. The average molecular weight is 498 g/mol. The molecule has 0 aliphatic carbocycles. The molecule has 0 saturated carbocycles. The molecule has 0 aromatic heterocycles. The Labute approximate surface area is 196 Å². The summed E-state index contributed by atoms with van der Waals surface area (Å²) < 4.78 is 66.2. The number of rotatable bonds is 7. The number of Topliss-reactive ketones (excluding diaryl/α,β-unsaturated/α-hetero) is 1. The first-order chi connectivity index (χ1) is 15.9. The molecular weight excluding hydrogens is 471 g/mol. The van der Waals surface area contributed by atoms with Crippen molar-refractivity contribution in [3.8, 4) is 0 Å². The minimum atomic E-state index is -4.59. The smallest absolute Gasteiger partial charge is 0.370 e. The highest BCUT2D eigenvalue weighted by Gasteiger charge is 2.32. The molecule has 11 heteroatoms. The largest absolute Gasteiger partial charge is 0.416 e. The zero-order valence-electron chi connectivity index (χ0n) is 18.9. The molecule has 0 atom stereocenters. The summed E-state index contributed by atoms with van der Waals surface area (Å²) in [5, 5.41) is 2.47. The highest BCUT2D eigenvalue weighted by atomic mass is 32.2. The van der Waals surface area contributed by atoms with E-state index in [2.05, 4.69) is 5.32 Å². The van der Waals surface area contributed by atoms with Crippen LogP contribution in [0.5, 0.6) is 0 Å². The van der Waals surface area contributed by atoms with Crippen molar-refractivity contribution < 1.29 is 31.2 Å². The van der Waals surface area contributed by atoms with Crippen LogP contribution in [0.15, 0.2) is 47.4 Å². The summed E-state index contributed by atoms with van der Waals surface area (Å²) in [4.78, 5) is 25.9. The number of hydrogen-bond acceptors (Lipinski definition) is 5. The van der Waals surface area contributed by atoms with Crippen molar-refractivity contribution in [2.45, 2.75) is 37.3 Å². The predicted octanol–water partition coefficient (Wildman–Crippen LogP) is 4.16. The number of carbonyl (C=O) groups is 2. The lowest BCUT2D eigenvalue weighted by Gasteiger charge is -2.31. The number of anilines is 2. The van der Waals surface area contributed by atoms with Gasteiger partial charge in [-0.15, -0.1) is 0 Å². The van der Waals surface area contributed by atoms with E-state index >= 15 is 0 Å². The van der Waals surface area contributed by atoms with Crippen LogP contribution in [0.25, 0.3) is 0 Å². The monoisotopic (exact) mass is 497 g/mol. The first-order valence-corrected chi connectivity index (χ1v) is 12.2. The highest BCUT2D eigenvalue weighted by molar-refractivity contribution is 7.89. The summed E-state index contributed by atoms with van der Waals surface area (Å²) in [6.45, 7) is 2.05. The van der Waals surface area contributed by atoms with Gasteiger partial charge in [0.05, 0.1) is 28.4 Å². The summed E-state index contributed by atoms with van der Waals surface area (Å²) in [6, 6.07) is 8.45. The SMILES string of the molecule is CC(=O)c1ccc(S(=O)(=O)N(C)CC(=O)Nc2cc(C(F)(F)F)ccc2N2CCCCC2)cc1. The topological polar surface area (TPSA) is 86.8 Å². The second-order valence-corrected chi connectivity index (χ2v) is 10.2. The van der Waals surface area contributed by atoms with Crippen molar-refractivity contribution in [2.24, 2.45) is 0 Å². The molecule has 1 fully saturated rings. The Hall–Kier alpha value is -2.92. The number of nitrogens with zero attached hydrogens (tertiary/aromatic N) is 2. The number of sulfonamides is 1. The Morgan fingerprint density at radius 3 is 2.21 bits per heavy atom. The van der Waals surface area contributed by atoms with Crippen LogP contribution in [-0.4, -0.2) is 51.1 Å². The lowest BCUT2D eigenvalue weighted by Crippen LogP contribution is -2.36. The summed E-state index contributed by atoms with van der Waals surface area (Å²) in [5.74, 6) is -0.994. The lowest BCUT2D eigenvalue weighted by molar-refractivity contribution is -0.137. The van der Waals surface area contributed by atoms with Gasteiger partial charge in [-0.05, 0) is 56.5 Å². The van der Waals surface area contributed by atoms with Crippen molar-refractivity contribution in [1.82, 2.24) is 4.31 Å². The van der Waals surface area contributed by atoms with Gasteiger partial charge in [0.15, 0.2) is 5.78 Å². The van der Waals surface area contributed by atoms with Gasteiger partial charge in [0, 0.05) is 25.7 Å². The number of likely N-dealkylation sites (N-methyl/N-ethyl adjacent to an activating group) is 1. The Balaban J connectivity index is 1.80. The molecule has 7 nitrogen and oxygen atoms in total. The molecule has 1 heterocycles. The molecule has 34 heavy (non-hydrogen) atoms. The second kappa shape index (κ2) is 10.1. The predicted molar refractivity (Wildman–Crippen MR) is 122 cm³/mol. The maximum atomic E-state index is 13.3. The molecule has 0 bridgehead atoms. The van der Waals surface area contributed by atoms with Crippen molar-refractivity contribution in [3.05, 3.63) is 53.6 Å². The van der Waals surface area contributed by atoms with E-state index in [1.165, 1.54) is 44.3 Å². The summed E-state index contributed by atoms with van der Waals surface area (Å²) in [5.41, 5.74) is -0.117. The van der Waals surface area contributed by atoms with Crippen LogP contribution in [0.4, 0.5) is 24.5 Å². The van der Waals surface area contributed by atoms with E-state index in [1.54, 1.807) is 0 Å². The molecule has 2 aromatic carbocycles. The van der Waals surface area contributed by atoms with E-state index in [9.17, 15) is 31.2 Å². The third kappa shape index (κ3) is 5.95. The van der Waals surface area contributed by atoms with Crippen molar-refractivity contribution in [3.63, 3.8) is 0 Å². The van der Waals surface area contributed by atoms with Gasteiger partial charge in [-0.2, -0.15) is 17.5 Å². The minimum absolute atomic E-state index is 0.0154. The molecule has 0 spiro atoms. The number of halogens is 3. The zero-order valence-corrected chi connectivity index (χ0v) is 19.7. The molecular formula is C23H26F3N3O4S. The quantitative estimate of drug-likeness (QED) is 0.581. The minimum Gasteiger partial charge on any atom is -0.370 e.